The smallest absolute Gasteiger partial charge is 0.272 e. The number of likely N-dealkylation sites (tertiary alicyclic amines) is 1. The third kappa shape index (κ3) is 3.06. The third-order valence-corrected chi connectivity index (χ3v) is 5.56. The molecule has 1 saturated heterocycles. The summed E-state index contributed by atoms with van der Waals surface area (Å²) >= 11 is 0. The summed E-state index contributed by atoms with van der Waals surface area (Å²) in [5, 5.41) is 7.99. The van der Waals surface area contributed by atoms with Crippen LogP contribution in [0.25, 0.3) is 10.8 Å². The summed E-state index contributed by atoms with van der Waals surface area (Å²) in [6, 6.07) is 11.8. The van der Waals surface area contributed by atoms with E-state index < -0.39 is 5.82 Å². The lowest BCUT2D eigenvalue weighted by Gasteiger charge is -2.16. The summed E-state index contributed by atoms with van der Waals surface area (Å²) in [4.78, 5) is 26.6. The van der Waals surface area contributed by atoms with Crippen LogP contribution in [0, 0.1) is 5.82 Å². The first-order valence-electron chi connectivity index (χ1n) is 9.52. The van der Waals surface area contributed by atoms with E-state index in [1.165, 1.54) is 17.2 Å². The number of carbonyl (C=O) groups is 1. The first-order chi connectivity index (χ1) is 14.1. The molecule has 5 rings (SSSR count). The van der Waals surface area contributed by atoms with Gasteiger partial charge in [0.05, 0.1) is 16.6 Å². The van der Waals surface area contributed by atoms with Crippen molar-refractivity contribution in [3.63, 3.8) is 0 Å². The van der Waals surface area contributed by atoms with E-state index in [-0.39, 0.29) is 17.0 Å². The number of H-pyrrole nitrogens is 1. The molecule has 1 fully saturated rings. The second kappa shape index (κ2) is 6.81. The molecule has 0 saturated carbocycles. The van der Waals surface area contributed by atoms with E-state index in [4.69, 9.17) is 0 Å². The molecule has 29 heavy (non-hydrogen) atoms. The SMILES string of the molecule is O=C(c1cc(Cc2n[nH]c(=O)c3ccccc23)ccc1F)N1CC2=CCC=C2C1. The lowest BCUT2D eigenvalue weighted by atomic mass is 10.0. The predicted molar refractivity (Wildman–Crippen MR) is 108 cm³/mol. The fourth-order valence-electron chi connectivity index (χ4n) is 4.06. The number of nitrogens with zero attached hydrogens (tertiary/aromatic N) is 2. The Kier molecular flexibility index (Phi) is 4.12. The van der Waals surface area contributed by atoms with E-state index >= 15 is 0 Å². The first-order valence-corrected chi connectivity index (χ1v) is 9.52. The highest BCUT2D eigenvalue weighted by molar-refractivity contribution is 5.95. The van der Waals surface area contributed by atoms with Crippen LogP contribution in [0.5, 0.6) is 0 Å². The van der Waals surface area contributed by atoms with Crippen molar-refractivity contribution in [1.29, 1.82) is 0 Å². The molecule has 2 aliphatic rings. The van der Waals surface area contributed by atoms with Crippen LogP contribution in [0.4, 0.5) is 4.39 Å². The number of allylic oxidation sites excluding steroid dienone is 2. The predicted octanol–water partition coefficient (Wildman–Crippen LogP) is 3.37. The van der Waals surface area contributed by atoms with Crippen LogP contribution in [-0.2, 0) is 6.42 Å². The minimum absolute atomic E-state index is 0.0670. The summed E-state index contributed by atoms with van der Waals surface area (Å²) < 4.78 is 14.5. The van der Waals surface area contributed by atoms with Crippen LogP contribution in [-0.4, -0.2) is 34.1 Å². The maximum absolute atomic E-state index is 14.5. The number of amides is 1. The van der Waals surface area contributed by atoms with Gasteiger partial charge in [-0.2, -0.15) is 5.10 Å². The molecule has 2 aromatic carbocycles. The molecule has 1 amide bonds. The van der Waals surface area contributed by atoms with Gasteiger partial charge >= 0.3 is 0 Å². The van der Waals surface area contributed by atoms with Gasteiger partial charge in [-0.15, -0.1) is 0 Å². The summed E-state index contributed by atoms with van der Waals surface area (Å²) in [6.07, 6.45) is 5.52. The Morgan fingerprint density at radius 3 is 2.55 bits per heavy atom. The maximum Gasteiger partial charge on any atom is 0.272 e. The number of rotatable bonds is 3. The number of benzene rings is 2. The lowest BCUT2D eigenvalue weighted by molar-refractivity contribution is 0.0796. The van der Waals surface area contributed by atoms with Crippen molar-refractivity contribution in [1.82, 2.24) is 15.1 Å². The van der Waals surface area contributed by atoms with Gasteiger partial charge < -0.3 is 4.90 Å². The summed E-state index contributed by atoms with van der Waals surface area (Å²) in [6.45, 7) is 1.06. The van der Waals surface area contributed by atoms with Crippen molar-refractivity contribution >= 4 is 16.7 Å². The summed E-state index contributed by atoms with van der Waals surface area (Å²) in [5.41, 5.74) is 3.59. The van der Waals surface area contributed by atoms with Crippen LogP contribution >= 0.6 is 0 Å². The molecule has 1 aromatic heterocycles. The lowest BCUT2D eigenvalue weighted by Crippen LogP contribution is -2.29. The fourth-order valence-corrected chi connectivity index (χ4v) is 4.06. The molecule has 2 heterocycles. The molecule has 0 radical (unpaired) electrons. The molecular formula is C23H18FN3O2. The number of fused-ring (bicyclic) bond motifs is 2. The summed E-state index contributed by atoms with van der Waals surface area (Å²) in [5.74, 6) is -0.835. The Labute approximate surface area is 166 Å². The number of aromatic nitrogens is 2. The Hall–Kier alpha value is -3.54. The molecule has 0 unspecified atom stereocenters. The second-order valence-electron chi connectivity index (χ2n) is 7.39. The molecule has 0 bridgehead atoms. The first kappa shape index (κ1) is 17.6. The van der Waals surface area contributed by atoms with Gasteiger partial charge in [0.15, 0.2) is 0 Å². The zero-order valence-electron chi connectivity index (χ0n) is 15.6. The van der Waals surface area contributed by atoms with Gasteiger partial charge in [-0.25, -0.2) is 9.49 Å². The number of hydrogen-bond acceptors (Lipinski definition) is 3. The Morgan fingerprint density at radius 2 is 1.79 bits per heavy atom. The molecule has 1 aliphatic carbocycles. The molecule has 5 nitrogen and oxygen atoms in total. The monoisotopic (exact) mass is 387 g/mol. The van der Waals surface area contributed by atoms with E-state index in [1.54, 1.807) is 29.2 Å². The third-order valence-electron chi connectivity index (χ3n) is 5.56. The van der Waals surface area contributed by atoms with Crippen LogP contribution in [0.1, 0.15) is 28.0 Å². The van der Waals surface area contributed by atoms with Crippen molar-refractivity contribution in [2.45, 2.75) is 12.8 Å². The van der Waals surface area contributed by atoms with E-state index in [9.17, 15) is 14.0 Å². The highest BCUT2D eigenvalue weighted by atomic mass is 19.1. The number of aromatic amines is 1. The van der Waals surface area contributed by atoms with Crippen molar-refractivity contribution in [3.8, 4) is 0 Å². The van der Waals surface area contributed by atoms with Crippen molar-refractivity contribution in [3.05, 3.63) is 98.8 Å². The average Bonchev–Trinajstić information content (AvgIpc) is 3.33. The van der Waals surface area contributed by atoms with Gasteiger partial charge in [-0.05, 0) is 41.3 Å². The standard InChI is InChI=1S/C23H18FN3O2/c24-20-9-8-14(11-21-17-6-1-2-7-18(17)22(28)26-25-21)10-19(20)23(29)27-12-15-4-3-5-16(15)13-27/h1-2,4-10H,3,11-13H2,(H,26,28). The maximum atomic E-state index is 14.5. The molecule has 0 spiro atoms. The van der Waals surface area contributed by atoms with Gasteiger partial charge in [0, 0.05) is 24.9 Å². The molecule has 0 atom stereocenters. The van der Waals surface area contributed by atoms with E-state index in [0.717, 1.165) is 17.4 Å². The number of carbonyl (C=O) groups excluding carboxylic acids is 1. The Bertz CT molecular complexity index is 1250. The largest absolute Gasteiger partial charge is 0.330 e. The van der Waals surface area contributed by atoms with E-state index in [2.05, 4.69) is 22.3 Å². The van der Waals surface area contributed by atoms with Gasteiger partial charge in [0.2, 0.25) is 0 Å². The van der Waals surface area contributed by atoms with Crippen molar-refractivity contribution in [2.75, 3.05) is 13.1 Å². The van der Waals surface area contributed by atoms with Crippen LogP contribution < -0.4 is 5.56 Å². The molecule has 1 aliphatic heterocycles. The van der Waals surface area contributed by atoms with E-state index in [0.29, 0.717) is 30.6 Å². The normalized spacial score (nSPS) is 15.4. The highest BCUT2D eigenvalue weighted by Gasteiger charge is 2.29. The minimum atomic E-state index is -0.530. The molecule has 1 N–H and O–H groups in total. The quantitative estimate of drug-likeness (QED) is 0.749. The van der Waals surface area contributed by atoms with Gasteiger partial charge in [-0.3, -0.25) is 9.59 Å². The topological polar surface area (TPSA) is 66.1 Å². The number of hydrogen-bond donors (Lipinski definition) is 1. The van der Waals surface area contributed by atoms with Crippen LogP contribution in [0.2, 0.25) is 0 Å². The summed E-state index contributed by atoms with van der Waals surface area (Å²) in [7, 11) is 0. The van der Waals surface area contributed by atoms with Crippen molar-refractivity contribution < 1.29 is 9.18 Å². The zero-order chi connectivity index (χ0) is 20.0. The molecule has 3 aromatic rings. The van der Waals surface area contributed by atoms with Gasteiger partial charge in [-0.1, -0.05) is 36.4 Å². The van der Waals surface area contributed by atoms with Gasteiger partial charge in [0.25, 0.3) is 11.5 Å². The Balaban J connectivity index is 1.46. The average molecular weight is 387 g/mol. The molecule has 144 valence electrons. The van der Waals surface area contributed by atoms with Crippen LogP contribution in [0.3, 0.4) is 0 Å². The van der Waals surface area contributed by atoms with Gasteiger partial charge in [0.1, 0.15) is 5.82 Å². The minimum Gasteiger partial charge on any atom is -0.330 e. The Morgan fingerprint density at radius 1 is 1.07 bits per heavy atom. The second-order valence-corrected chi connectivity index (χ2v) is 7.39. The van der Waals surface area contributed by atoms with Crippen LogP contribution in [0.15, 0.2) is 70.6 Å². The highest BCUT2D eigenvalue weighted by Crippen LogP contribution is 2.29. The molecular weight excluding hydrogens is 369 g/mol. The number of nitrogens with one attached hydrogen (secondary N) is 1. The van der Waals surface area contributed by atoms with E-state index in [1.807, 2.05) is 12.1 Å². The number of halogens is 1. The van der Waals surface area contributed by atoms with Crippen molar-refractivity contribution in [2.24, 2.45) is 0 Å². The zero-order valence-corrected chi connectivity index (χ0v) is 15.6. The molecule has 6 heteroatoms. The fraction of sp³-hybridized carbons (Fsp3) is 0.174.